The van der Waals surface area contributed by atoms with E-state index in [2.05, 4.69) is 25.5 Å². The second-order valence-electron chi connectivity index (χ2n) is 7.16. The van der Waals surface area contributed by atoms with E-state index in [1.165, 1.54) is 0 Å². The first kappa shape index (κ1) is 16.8. The fourth-order valence-corrected chi connectivity index (χ4v) is 3.99. The predicted molar refractivity (Wildman–Crippen MR) is 105 cm³/mol. The summed E-state index contributed by atoms with van der Waals surface area (Å²) in [5.74, 6) is -0.257. The number of pyridine rings is 1. The highest BCUT2D eigenvalue weighted by Crippen LogP contribution is 2.27. The van der Waals surface area contributed by atoms with Gasteiger partial charge in [0, 0.05) is 12.7 Å². The highest BCUT2D eigenvalue weighted by atomic mass is 16.4. The molecule has 0 radical (unpaired) electrons. The van der Waals surface area contributed by atoms with Crippen LogP contribution in [0.4, 0.5) is 6.01 Å². The fourth-order valence-electron chi connectivity index (χ4n) is 3.99. The van der Waals surface area contributed by atoms with E-state index in [1.807, 2.05) is 36.5 Å². The summed E-state index contributed by atoms with van der Waals surface area (Å²) in [6.45, 7) is 1.50. The molecule has 28 heavy (non-hydrogen) atoms. The number of hydrogen-bond donors (Lipinski definition) is 2. The lowest BCUT2D eigenvalue weighted by Gasteiger charge is -2.21. The number of primary amides is 1. The Balaban J connectivity index is 1.51. The van der Waals surface area contributed by atoms with Crippen LogP contribution in [0.2, 0.25) is 0 Å². The molecule has 3 aromatic heterocycles. The smallest absolute Gasteiger partial charge is 0.292 e. The first-order valence-corrected chi connectivity index (χ1v) is 9.24. The van der Waals surface area contributed by atoms with Crippen molar-refractivity contribution in [3.05, 3.63) is 48.4 Å². The number of fused-ring (bicyclic) bond motifs is 2. The van der Waals surface area contributed by atoms with Gasteiger partial charge in [0.05, 0.1) is 17.9 Å². The Bertz CT molecular complexity index is 1190. The zero-order valence-electron chi connectivity index (χ0n) is 15.2. The van der Waals surface area contributed by atoms with Crippen LogP contribution < -0.4 is 11.5 Å². The van der Waals surface area contributed by atoms with E-state index in [4.69, 9.17) is 15.9 Å². The Morgan fingerprint density at radius 1 is 1.25 bits per heavy atom. The maximum atomic E-state index is 11.7. The van der Waals surface area contributed by atoms with E-state index in [9.17, 15) is 4.79 Å². The van der Waals surface area contributed by atoms with Gasteiger partial charge >= 0.3 is 0 Å². The zero-order valence-corrected chi connectivity index (χ0v) is 15.2. The van der Waals surface area contributed by atoms with Gasteiger partial charge in [-0.25, -0.2) is 4.98 Å². The minimum atomic E-state index is -0.257. The number of aromatic nitrogens is 3. The van der Waals surface area contributed by atoms with Gasteiger partial charge in [0.1, 0.15) is 11.2 Å². The van der Waals surface area contributed by atoms with Crippen LogP contribution in [0, 0.1) is 0 Å². The first-order chi connectivity index (χ1) is 13.6. The molecular formula is C20H20N6O2. The van der Waals surface area contributed by atoms with Gasteiger partial charge in [-0.05, 0) is 54.8 Å². The topological polar surface area (TPSA) is 116 Å². The van der Waals surface area contributed by atoms with Crippen LogP contribution in [-0.2, 0) is 11.3 Å². The molecule has 0 bridgehead atoms. The molecule has 8 nitrogen and oxygen atoms in total. The number of nitrogen functional groups attached to an aromatic ring is 1. The molecule has 1 unspecified atom stereocenters. The molecule has 4 aromatic rings. The highest BCUT2D eigenvalue weighted by Gasteiger charge is 2.29. The van der Waals surface area contributed by atoms with Crippen molar-refractivity contribution in [3.8, 4) is 11.1 Å². The molecule has 142 valence electrons. The second-order valence-corrected chi connectivity index (χ2v) is 7.16. The first-order valence-electron chi connectivity index (χ1n) is 9.24. The van der Waals surface area contributed by atoms with E-state index in [1.54, 1.807) is 0 Å². The molecule has 1 aromatic carbocycles. The third-order valence-corrected chi connectivity index (χ3v) is 5.38. The average molecular weight is 376 g/mol. The van der Waals surface area contributed by atoms with E-state index in [-0.39, 0.29) is 18.0 Å². The Morgan fingerprint density at radius 3 is 2.96 bits per heavy atom. The standard InChI is InChI=1S/C20H20N6O2/c21-19(27)16-2-1-7-25(16)11-14-9-23-18-6-4-13(10-26(14)18)12-3-5-17-15(8-12)24-20(22)28-17/h3-6,8-10,16H,1-2,7,11H2,(H2,21,27)(H2,22,24). The predicted octanol–water partition coefficient (Wildman–Crippen LogP) is 2.17. The number of amides is 1. The third kappa shape index (κ3) is 2.78. The van der Waals surface area contributed by atoms with Gasteiger partial charge < -0.3 is 20.3 Å². The fraction of sp³-hybridized carbons (Fsp3) is 0.250. The Morgan fingerprint density at radius 2 is 2.11 bits per heavy atom. The average Bonchev–Trinajstić information content (AvgIpc) is 3.39. The van der Waals surface area contributed by atoms with E-state index in [0.29, 0.717) is 12.1 Å². The summed E-state index contributed by atoms with van der Waals surface area (Å²) in [6, 6.07) is 9.77. The number of rotatable bonds is 4. The minimum absolute atomic E-state index is 0.161. The molecule has 1 aliphatic rings. The van der Waals surface area contributed by atoms with Crippen molar-refractivity contribution in [1.82, 2.24) is 19.3 Å². The number of nitrogens with zero attached hydrogens (tertiary/aromatic N) is 4. The summed E-state index contributed by atoms with van der Waals surface area (Å²) < 4.78 is 7.41. The molecule has 5 rings (SSSR count). The van der Waals surface area contributed by atoms with Crippen molar-refractivity contribution in [3.63, 3.8) is 0 Å². The normalized spacial score (nSPS) is 17.6. The number of anilines is 1. The molecule has 0 aliphatic carbocycles. The van der Waals surface area contributed by atoms with Crippen molar-refractivity contribution >= 4 is 28.7 Å². The van der Waals surface area contributed by atoms with Crippen molar-refractivity contribution < 1.29 is 9.21 Å². The number of oxazole rings is 1. The summed E-state index contributed by atoms with van der Waals surface area (Å²) in [7, 11) is 0. The number of carbonyl (C=O) groups is 1. The molecule has 4 N–H and O–H groups in total. The molecule has 8 heteroatoms. The van der Waals surface area contributed by atoms with Crippen molar-refractivity contribution in [1.29, 1.82) is 0 Å². The summed E-state index contributed by atoms with van der Waals surface area (Å²) in [5.41, 5.74) is 16.5. The molecule has 1 amide bonds. The van der Waals surface area contributed by atoms with E-state index < -0.39 is 0 Å². The van der Waals surface area contributed by atoms with Gasteiger partial charge in [0.2, 0.25) is 5.91 Å². The Hall–Kier alpha value is -3.39. The van der Waals surface area contributed by atoms with Crippen molar-refractivity contribution in [2.24, 2.45) is 5.73 Å². The van der Waals surface area contributed by atoms with E-state index in [0.717, 1.165) is 47.4 Å². The number of hydrogen-bond acceptors (Lipinski definition) is 6. The van der Waals surface area contributed by atoms with Gasteiger partial charge in [0.15, 0.2) is 5.58 Å². The maximum absolute atomic E-state index is 11.7. The summed E-state index contributed by atoms with van der Waals surface area (Å²) in [4.78, 5) is 22.5. The van der Waals surface area contributed by atoms with Crippen LogP contribution in [0.25, 0.3) is 27.9 Å². The molecule has 4 heterocycles. The third-order valence-electron chi connectivity index (χ3n) is 5.38. The SMILES string of the molecule is NC(=O)C1CCCN1Cc1cnc2ccc(-c3ccc4oc(N)nc4c3)cn12. The van der Waals surface area contributed by atoms with Crippen molar-refractivity contribution in [2.75, 3.05) is 12.3 Å². The van der Waals surface area contributed by atoms with Gasteiger partial charge in [-0.3, -0.25) is 9.69 Å². The van der Waals surface area contributed by atoms with Gasteiger partial charge in [-0.1, -0.05) is 6.07 Å². The zero-order chi connectivity index (χ0) is 19.3. The Kier molecular flexibility index (Phi) is 3.80. The molecular weight excluding hydrogens is 356 g/mol. The van der Waals surface area contributed by atoms with Gasteiger partial charge in [0.25, 0.3) is 6.01 Å². The molecule has 0 spiro atoms. The van der Waals surface area contributed by atoms with Crippen LogP contribution in [0.15, 0.2) is 47.1 Å². The number of imidazole rings is 1. The number of nitrogens with two attached hydrogens (primary N) is 2. The van der Waals surface area contributed by atoms with Crippen LogP contribution in [-0.4, -0.2) is 37.8 Å². The van der Waals surface area contributed by atoms with Crippen molar-refractivity contribution in [2.45, 2.75) is 25.4 Å². The highest BCUT2D eigenvalue weighted by molar-refractivity contribution is 5.81. The Labute approximate surface area is 160 Å². The van der Waals surface area contributed by atoms with Crippen LogP contribution >= 0.6 is 0 Å². The van der Waals surface area contributed by atoms with Crippen LogP contribution in [0.1, 0.15) is 18.5 Å². The number of carbonyl (C=O) groups excluding carboxylic acids is 1. The largest absolute Gasteiger partial charge is 0.424 e. The van der Waals surface area contributed by atoms with Crippen LogP contribution in [0.3, 0.4) is 0 Å². The quantitative estimate of drug-likeness (QED) is 0.564. The lowest BCUT2D eigenvalue weighted by atomic mass is 10.1. The minimum Gasteiger partial charge on any atom is -0.424 e. The molecule has 0 saturated carbocycles. The molecule has 1 atom stereocenters. The van der Waals surface area contributed by atoms with E-state index >= 15 is 0 Å². The summed E-state index contributed by atoms with van der Waals surface area (Å²) in [5, 5.41) is 0. The molecule has 1 fully saturated rings. The second kappa shape index (κ2) is 6.35. The van der Waals surface area contributed by atoms with Crippen LogP contribution in [0.5, 0.6) is 0 Å². The monoisotopic (exact) mass is 376 g/mol. The summed E-state index contributed by atoms with van der Waals surface area (Å²) in [6.07, 6.45) is 5.71. The number of benzene rings is 1. The molecule has 1 aliphatic heterocycles. The summed E-state index contributed by atoms with van der Waals surface area (Å²) >= 11 is 0. The van der Waals surface area contributed by atoms with Gasteiger partial charge in [-0.2, -0.15) is 4.98 Å². The molecule has 1 saturated heterocycles. The maximum Gasteiger partial charge on any atom is 0.292 e. The van der Waals surface area contributed by atoms with Gasteiger partial charge in [-0.15, -0.1) is 0 Å². The number of likely N-dealkylation sites (tertiary alicyclic amines) is 1. The lowest BCUT2D eigenvalue weighted by Crippen LogP contribution is -2.39. The lowest BCUT2D eigenvalue weighted by molar-refractivity contribution is -0.122.